The van der Waals surface area contributed by atoms with Crippen LogP contribution < -0.4 is 10.3 Å². The van der Waals surface area contributed by atoms with Crippen LogP contribution >= 0.6 is 11.8 Å². The Morgan fingerprint density at radius 1 is 1.29 bits per heavy atom. The smallest absolute Gasteiger partial charge is 0.183 e. The number of aliphatic hydroxyl groups excluding tert-OH is 1. The van der Waals surface area contributed by atoms with Gasteiger partial charge in [0.15, 0.2) is 17.4 Å². The Morgan fingerprint density at radius 2 is 1.97 bits per heavy atom. The Hall–Kier alpha value is -1.46. The third-order valence-electron chi connectivity index (χ3n) is 5.08. The fourth-order valence-electron chi connectivity index (χ4n) is 3.94. The number of hydrazone groups is 1. The van der Waals surface area contributed by atoms with Gasteiger partial charge in [-0.2, -0.15) is 5.10 Å². The number of aliphatic hydroxyl groups is 1. The summed E-state index contributed by atoms with van der Waals surface area (Å²) in [5, 5.41) is 14.4. The van der Waals surface area contributed by atoms with E-state index in [0.717, 1.165) is 0 Å². The fourth-order valence-corrected chi connectivity index (χ4v) is 4.90. The number of hydrogen-bond acceptors (Lipinski definition) is 8. The summed E-state index contributed by atoms with van der Waals surface area (Å²) in [5.41, 5.74) is 3.03. The van der Waals surface area contributed by atoms with E-state index in [-0.39, 0.29) is 34.6 Å². The number of anilines is 1. The molecule has 0 amide bonds. The summed E-state index contributed by atoms with van der Waals surface area (Å²) in [5.74, 6) is -2.20. The molecular formula is C21H31F2N3O4S. The van der Waals surface area contributed by atoms with Gasteiger partial charge >= 0.3 is 0 Å². The van der Waals surface area contributed by atoms with Crippen LogP contribution in [0.1, 0.15) is 38.8 Å². The van der Waals surface area contributed by atoms with E-state index >= 15 is 8.78 Å². The first-order chi connectivity index (χ1) is 14.6. The van der Waals surface area contributed by atoms with Gasteiger partial charge in [0.2, 0.25) is 0 Å². The van der Waals surface area contributed by atoms with Crippen LogP contribution in [0.4, 0.5) is 14.5 Å². The third-order valence-corrected chi connectivity index (χ3v) is 6.21. The van der Waals surface area contributed by atoms with Gasteiger partial charge in [-0.15, -0.1) is 11.8 Å². The molecule has 7 nitrogen and oxygen atoms in total. The van der Waals surface area contributed by atoms with E-state index in [1.165, 1.54) is 17.8 Å². The fraction of sp³-hybridized carbons (Fsp3) is 0.667. The molecule has 2 N–H and O–H groups in total. The van der Waals surface area contributed by atoms with Crippen molar-refractivity contribution in [1.29, 1.82) is 0 Å². The second kappa shape index (κ2) is 9.99. The monoisotopic (exact) mass is 459 g/mol. The molecule has 2 aliphatic heterocycles. The van der Waals surface area contributed by atoms with Gasteiger partial charge in [0, 0.05) is 37.0 Å². The molecular weight excluding hydrogens is 428 g/mol. The Balaban J connectivity index is 1.89. The van der Waals surface area contributed by atoms with E-state index in [9.17, 15) is 5.11 Å². The Labute approximate surface area is 186 Å². The maximum absolute atomic E-state index is 15.3. The predicted molar refractivity (Wildman–Crippen MR) is 117 cm³/mol. The van der Waals surface area contributed by atoms with E-state index in [1.54, 1.807) is 11.9 Å². The zero-order valence-electron chi connectivity index (χ0n) is 18.6. The first-order valence-electron chi connectivity index (χ1n) is 10.4. The molecule has 1 aromatic rings. The first kappa shape index (κ1) is 24.2. The van der Waals surface area contributed by atoms with Gasteiger partial charge < -0.3 is 29.6 Å². The van der Waals surface area contributed by atoms with Gasteiger partial charge in [-0.3, -0.25) is 0 Å². The second-order valence-corrected chi connectivity index (χ2v) is 9.29. The summed E-state index contributed by atoms with van der Waals surface area (Å²) >= 11 is 1.24. The molecule has 2 fully saturated rings. The van der Waals surface area contributed by atoms with Crippen LogP contribution in [0, 0.1) is 11.6 Å². The lowest BCUT2D eigenvalue weighted by Gasteiger charge is -2.38. The molecule has 174 valence electrons. The van der Waals surface area contributed by atoms with Crippen LogP contribution in [0.2, 0.25) is 0 Å². The lowest BCUT2D eigenvalue weighted by atomic mass is 10.0. The number of benzene rings is 1. The van der Waals surface area contributed by atoms with E-state index in [4.69, 9.17) is 14.2 Å². The van der Waals surface area contributed by atoms with Crippen molar-refractivity contribution in [2.45, 2.75) is 58.4 Å². The SMILES string of the molecule is CN/N=C(\SCC1COC(C)(C)O1)c1cc(CO)c(N2CC(C)OC(C)C2)c(F)c1F. The van der Waals surface area contributed by atoms with Crippen molar-refractivity contribution in [2.24, 2.45) is 5.10 Å². The van der Waals surface area contributed by atoms with Gasteiger partial charge in [-0.25, -0.2) is 8.78 Å². The van der Waals surface area contributed by atoms with Crippen molar-refractivity contribution in [2.75, 3.05) is 37.4 Å². The van der Waals surface area contributed by atoms with Crippen molar-refractivity contribution in [3.8, 4) is 0 Å². The second-order valence-electron chi connectivity index (χ2n) is 8.28. The molecule has 2 saturated heterocycles. The van der Waals surface area contributed by atoms with E-state index in [2.05, 4.69) is 10.5 Å². The maximum Gasteiger partial charge on any atom is 0.183 e. The average molecular weight is 460 g/mol. The Morgan fingerprint density at radius 3 is 2.52 bits per heavy atom. The van der Waals surface area contributed by atoms with Gasteiger partial charge in [0.05, 0.1) is 37.2 Å². The summed E-state index contributed by atoms with van der Waals surface area (Å²) in [7, 11) is 1.59. The summed E-state index contributed by atoms with van der Waals surface area (Å²) < 4.78 is 47.6. The van der Waals surface area contributed by atoms with Crippen LogP contribution in [-0.4, -0.2) is 66.7 Å². The van der Waals surface area contributed by atoms with Crippen molar-refractivity contribution < 1.29 is 28.1 Å². The highest BCUT2D eigenvalue weighted by molar-refractivity contribution is 8.14. The first-order valence-corrected chi connectivity index (χ1v) is 11.3. The number of halogens is 2. The lowest BCUT2D eigenvalue weighted by Crippen LogP contribution is -2.46. The van der Waals surface area contributed by atoms with E-state index in [1.807, 2.05) is 27.7 Å². The summed E-state index contributed by atoms with van der Waals surface area (Å²) in [6, 6.07) is 1.47. The minimum absolute atomic E-state index is 0.00261. The van der Waals surface area contributed by atoms with Crippen molar-refractivity contribution in [1.82, 2.24) is 5.43 Å². The molecule has 2 aliphatic rings. The number of rotatable bonds is 6. The standard InChI is InChI=1S/C21H31F2N3O4S/c1-12-7-26(8-13(2)29-12)19-14(9-27)6-16(17(22)18(19)23)20(25-24-5)31-11-15-10-28-21(3,4)30-15/h6,12-13,15,24,27H,7-11H2,1-5H3/b25-20-. The van der Waals surface area contributed by atoms with E-state index in [0.29, 0.717) is 31.0 Å². The summed E-state index contributed by atoms with van der Waals surface area (Å²) in [4.78, 5) is 1.74. The van der Waals surface area contributed by atoms with Crippen molar-refractivity contribution in [3.63, 3.8) is 0 Å². The normalized spacial score (nSPS) is 26.4. The summed E-state index contributed by atoms with van der Waals surface area (Å²) in [6.45, 7) is 8.23. The minimum Gasteiger partial charge on any atom is -0.392 e. The number of nitrogens with one attached hydrogen (secondary N) is 1. The molecule has 0 saturated carbocycles. The number of thioether (sulfide) groups is 1. The van der Waals surface area contributed by atoms with Crippen LogP contribution in [0.25, 0.3) is 0 Å². The molecule has 0 radical (unpaired) electrons. The molecule has 2 heterocycles. The number of ether oxygens (including phenoxy) is 3. The highest BCUT2D eigenvalue weighted by Gasteiger charge is 2.34. The van der Waals surface area contributed by atoms with Gasteiger partial charge in [0.25, 0.3) is 0 Å². The number of hydrogen-bond donors (Lipinski definition) is 2. The minimum atomic E-state index is -0.996. The van der Waals surface area contributed by atoms with Crippen molar-refractivity contribution in [3.05, 3.63) is 28.8 Å². The van der Waals surface area contributed by atoms with Gasteiger partial charge in [-0.05, 0) is 33.8 Å². The zero-order chi connectivity index (χ0) is 22.8. The van der Waals surface area contributed by atoms with Crippen LogP contribution in [0.5, 0.6) is 0 Å². The van der Waals surface area contributed by atoms with Crippen LogP contribution in [0.15, 0.2) is 11.2 Å². The molecule has 0 bridgehead atoms. The molecule has 3 unspecified atom stereocenters. The van der Waals surface area contributed by atoms with Gasteiger partial charge in [0.1, 0.15) is 5.04 Å². The number of nitrogens with zero attached hydrogens (tertiary/aromatic N) is 2. The highest BCUT2D eigenvalue weighted by atomic mass is 32.2. The maximum atomic E-state index is 15.3. The largest absolute Gasteiger partial charge is 0.392 e. The Bertz CT molecular complexity index is 814. The molecule has 3 atom stereocenters. The predicted octanol–water partition coefficient (Wildman–Crippen LogP) is 2.84. The Kier molecular flexibility index (Phi) is 7.80. The summed E-state index contributed by atoms with van der Waals surface area (Å²) in [6.07, 6.45) is -0.456. The molecule has 0 aromatic heterocycles. The van der Waals surface area contributed by atoms with Crippen LogP contribution in [-0.2, 0) is 20.8 Å². The third kappa shape index (κ3) is 5.67. The van der Waals surface area contributed by atoms with Crippen LogP contribution in [0.3, 0.4) is 0 Å². The molecule has 0 aliphatic carbocycles. The number of morpholine rings is 1. The molecule has 10 heteroatoms. The topological polar surface area (TPSA) is 75.6 Å². The highest BCUT2D eigenvalue weighted by Crippen LogP contribution is 2.34. The van der Waals surface area contributed by atoms with E-state index < -0.39 is 24.0 Å². The van der Waals surface area contributed by atoms with Gasteiger partial charge in [-0.1, -0.05) is 0 Å². The quantitative estimate of drug-likeness (QED) is 0.385. The average Bonchev–Trinajstić information content (AvgIpc) is 3.05. The molecule has 1 aromatic carbocycles. The lowest BCUT2D eigenvalue weighted by molar-refractivity contribution is -0.135. The molecule has 31 heavy (non-hydrogen) atoms. The molecule has 0 spiro atoms. The zero-order valence-corrected chi connectivity index (χ0v) is 19.4. The van der Waals surface area contributed by atoms with Crippen molar-refractivity contribution >= 4 is 22.5 Å². The molecule has 3 rings (SSSR count).